The molecule has 0 saturated carbocycles. The first-order valence-corrected chi connectivity index (χ1v) is 14.7. The Kier molecular flexibility index (Phi) is 7.81. The largest absolute Gasteiger partial charge is 0.476 e. The average molecular weight is 545 g/mol. The second-order valence-corrected chi connectivity index (χ2v) is 12.8. The fourth-order valence-electron chi connectivity index (χ4n) is 3.51. The quantitative estimate of drug-likeness (QED) is 0.408. The maximum absolute atomic E-state index is 13.3. The van der Waals surface area contributed by atoms with Gasteiger partial charge in [0.15, 0.2) is 20.7 Å². The molecule has 1 aromatic carbocycles. The predicted octanol–water partition coefficient (Wildman–Crippen LogP) is 3.25. The summed E-state index contributed by atoms with van der Waals surface area (Å²) in [7, 11) is 0.649. The first-order valence-electron chi connectivity index (χ1n) is 12.0. The Morgan fingerprint density at radius 3 is 2.43 bits per heavy atom. The van der Waals surface area contributed by atoms with E-state index in [4.69, 9.17) is 4.74 Å². The van der Waals surface area contributed by atoms with Gasteiger partial charge in [-0.05, 0) is 59.0 Å². The van der Waals surface area contributed by atoms with Gasteiger partial charge in [0.05, 0.1) is 4.90 Å². The van der Waals surface area contributed by atoms with Gasteiger partial charge in [0.1, 0.15) is 17.0 Å². The molecule has 0 spiro atoms. The smallest absolute Gasteiger partial charge is 0.278 e. The number of thiazole rings is 1. The number of fused-ring (bicyclic) bond motifs is 1. The Labute approximate surface area is 221 Å². The number of hydrogen-bond donors (Lipinski definition) is 1. The van der Waals surface area contributed by atoms with Gasteiger partial charge in [-0.1, -0.05) is 23.5 Å². The minimum Gasteiger partial charge on any atom is -0.476 e. The normalized spacial score (nSPS) is 15.0. The zero-order chi connectivity index (χ0) is 26.8. The van der Waals surface area contributed by atoms with Crippen LogP contribution < -0.4 is 10.1 Å². The molecule has 10 nitrogen and oxygen atoms in total. The Morgan fingerprint density at radius 2 is 1.81 bits per heavy atom. The summed E-state index contributed by atoms with van der Waals surface area (Å²) in [5.74, 6) is 0.0634. The monoisotopic (exact) mass is 544 g/mol. The lowest BCUT2D eigenvalue weighted by molar-refractivity contribution is -0.110. The molecule has 0 atom stereocenters. The Morgan fingerprint density at radius 1 is 1.14 bits per heavy atom. The fraction of sp³-hybridized carbons (Fsp3) is 0.440. The van der Waals surface area contributed by atoms with Crippen molar-refractivity contribution in [2.75, 3.05) is 45.4 Å². The van der Waals surface area contributed by atoms with E-state index < -0.39 is 15.7 Å². The number of anilines is 1. The molecule has 0 aliphatic carbocycles. The van der Waals surface area contributed by atoms with Gasteiger partial charge in [-0.25, -0.2) is 18.4 Å². The molecule has 2 aromatic heterocycles. The highest BCUT2D eigenvalue weighted by Gasteiger charge is 2.23. The van der Waals surface area contributed by atoms with Crippen molar-refractivity contribution in [3.8, 4) is 5.88 Å². The van der Waals surface area contributed by atoms with Gasteiger partial charge in [0.25, 0.3) is 5.91 Å². The number of hydrogen-bond acceptors (Lipinski definition) is 10. The van der Waals surface area contributed by atoms with Crippen LogP contribution in [-0.4, -0.2) is 85.5 Å². The number of nitrogens with one attached hydrogen (secondary N) is 1. The van der Waals surface area contributed by atoms with Crippen LogP contribution in [0.2, 0.25) is 0 Å². The SMILES string of the molecule is CN(C)C(C)(C)COc1ccc2nc(NC(=O)/C(=N\N3CCCC3)c3ccc(S(C)(=O)=O)cc3)sc2n1. The molecule has 0 radical (unpaired) electrons. The van der Waals surface area contributed by atoms with Gasteiger partial charge >= 0.3 is 0 Å². The maximum Gasteiger partial charge on any atom is 0.278 e. The number of benzene rings is 1. The second-order valence-electron chi connectivity index (χ2n) is 9.85. The molecule has 1 fully saturated rings. The van der Waals surface area contributed by atoms with Crippen LogP contribution in [0.25, 0.3) is 10.3 Å². The van der Waals surface area contributed by atoms with Crippen molar-refractivity contribution < 1.29 is 17.9 Å². The van der Waals surface area contributed by atoms with Crippen LogP contribution in [0, 0.1) is 0 Å². The zero-order valence-electron chi connectivity index (χ0n) is 21.7. The number of nitrogens with zero attached hydrogens (tertiary/aromatic N) is 5. The van der Waals surface area contributed by atoms with Crippen LogP contribution in [0.1, 0.15) is 32.3 Å². The van der Waals surface area contributed by atoms with Gasteiger partial charge < -0.3 is 9.64 Å². The van der Waals surface area contributed by atoms with E-state index in [1.54, 1.807) is 18.2 Å². The van der Waals surface area contributed by atoms with E-state index in [0.29, 0.717) is 33.5 Å². The summed E-state index contributed by atoms with van der Waals surface area (Å²) in [6, 6.07) is 9.75. The van der Waals surface area contributed by atoms with E-state index >= 15 is 0 Å². The molecule has 0 bridgehead atoms. The van der Waals surface area contributed by atoms with Crippen LogP contribution in [-0.2, 0) is 14.6 Å². The number of pyridine rings is 1. The third-order valence-electron chi connectivity index (χ3n) is 6.33. The fourth-order valence-corrected chi connectivity index (χ4v) is 4.96. The van der Waals surface area contributed by atoms with Gasteiger partial charge in [0, 0.05) is 36.5 Å². The number of rotatable bonds is 9. The lowest BCUT2D eigenvalue weighted by Crippen LogP contribution is -2.43. The topological polar surface area (TPSA) is 117 Å². The molecule has 3 heterocycles. The van der Waals surface area contributed by atoms with Gasteiger partial charge in [0.2, 0.25) is 5.88 Å². The summed E-state index contributed by atoms with van der Waals surface area (Å²) < 4.78 is 29.6. The molecule has 12 heteroatoms. The molecule has 0 unspecified atom stereocenters. The van der Waals surface area contributed by atoms with Gasteiger partial charge in [-0.15, -0.1) is 0 Å². The first kappa shape index (κ1) is 27.0. The van der Waals surface area contributed by atoms with Crippen molar-refractivity contribution in [1.82, 2.24) is 19.9 Å². The third kappa shape index (κ3) is 6.62. The molecule has 37 heavy (non-hydrogen) atoms. The van der Waals surface area contributed by atoms with E-state index in [0.717, 1.165) is 32.2 Å². The molecule has 1 N–H and O–H groups in total. The summed E-state index contributed by atoms with van der Waals surface area (Å²) in [5, 5.41) is 9.68. The molecular formula is C25H32N6O4S2. The number of aromatic nitrogens is 2. The van der Waals surface area contributed by atoms with E-state index in [2.05, 4.69) is 39.1 Å². The molecule has 198 valence electrons. The molecule has 4 rings (SSSR count). The van der Waals surface area contributed by atoms with Crippen molar-refractivity contribution >= 4 is 48.3 Å². The highest BCUT2D eigenvalue weighted by molar-refractivity contribution is 7.90. The highest BCUT2D eigenvalue weighted by Crippen LogP contribution is 2.27. The summed E-state index contributed by atoms with van der Waals surface area (Å²) in [4.78, 5) is 25.3. The Hall–Kier alpha value is -3.09. The van der Waals surface area contributed by atoms with Crippen LogP contribution in [0.3, 0.4) is 0 Å². The lowest BCUT2D eigenvalue weighted by atomic mass is 10.1. The van der Waals surface area contributed by atoms with E-state index in [-0.39, 0.29) is 16.1 Å². The number of hydrazone groups is 1. The third-order valence-corrected chi connectivity index (χ3v) is 8.34. The summed E-state index contributed by atoms with van der Waals surface area (Å²) in [6.45, 7) is 6.16. The number of amides is 1. The van der Waals surface area contributed by atoms with E-state index in [1.807, 2.05) is 25.2 Å². The number of ether oxygens (including phenoxy) is 1. The minimum absolute atomic E-state index is 0.159. The van der Waals surface area contributed by atoms with Crippen molar-refractivity contribution in [2.24, 2.45) is 5.10 Å². The number of sulfone groups is 1. The molecule has 1 aliphatic heterocycles. The summed E-state index contributed by atoms with van der Waals surface area (Å²) in [5.41, 5.74) is 1.21. The van der Waals surface area contributed by atoms with E-state index in [9.17, 15) is 13.2 Å². The standard InChI is InChI=1S/C25H32N6O4S2/c1-25(2,30(3)4)16-35-20-13-12-19-23(27-20)36-24(26-19)28-22(32)21(29-31-14-6-7-15-31)17-8-10-18(11-9-17)37(5,33)34/h8-13H,6-7,14-16H2,1-5H3,(H,26,28,32)/b29-21-. The predicted molar refractivity (Wildman–Crippen MR) is 146 cm³/mol. The molecular weight excluding hydrogens is 512 g/mol. The molecule has 1 saturated heterocycles. The Bertz CT molecular complexity index is 1410. The Balaban J connectivity index is 1.55. The molecule has 3 aromatic rings. The number of carbonyl (C=O) groups is 1. The van der Waals surface area contributed by atoms with Crippen molar-refractivity contribution in [1.29, 1.82) is 0 Å². The van der Waals surface area contributed by atoms with Gasteiger partial charge in [-0.2, -0.15) is 5.10 Å². The minimum atomic E-state index is -3.35. The van der Waals surface area contributed by atoms with Crippen LogP contribution in [0.5, 0.6) is 5.88 Å². The van der Waals surface area contributed by atoms with Crippen LogP contribution in [0.4, 0.5) is 5.13 Å². The van der Waals surface area contributed by atoms with Gasteiger partial charge in [-0.3, -0.25) is 15.1 Å². The van der Waals surface area contributed by atoms with Crippen LogP contribution >= 0.6 is 11.3 Å². The number of carbonyl (C=O) groups excluding carboxylic acids is 1. The number of likely N-dealkylation sites (N-methyl/N-ethyl adjacent to an activating group) is 1. The summed E-state index contributed by atoms with van der Waals surface area (Å²) in [6.07, 6.45) is 3.16. The van der Waals surface area contributed by atoms with Crippen molar-refractivity contribution in [3.63, 3.8) is 0 Å². The summed E-state index contributed by atoms with van der Waals surface area (Å²) >= 11 is 1.25. The zero-order valence-corrected chi connectivity index (χ0v) is 23.3. The van der Waals surface area contributed by atoms with Crippen LogP contribution in [0.15, 0.2) is 46.4 Å². The molecule has 1 aliphatic rings. The second kappa shape index (κ2) is 10.7. The average Bonchev–Trinajstić information content (AvgIpc) is 3.49. The van der Waals surface area contributed by atoms with Crippen molar-refractivity contribution in [3.05, 3.63) is 42.0 Å². The first-order chi connectivity index (χ1) is 17.4. The molecule has 1 amide bonds. The highest BCUT2D eigenvalue weighted by atomic mass is 32.2. The van der Waals surface area contributed by atoms with Crippen molar-refractivity contribution in [2.45, 2.75) is 37.1 Å². The maximum atomic E-state index is 13.3. The lowest BCUT2D eigenvalue weighted by Gasteiger charge is -2.31. The van der Waals surface area contributed by atoms with E-state index in [1.165, 1.54) is 23.5 Å².